The molecule has 0 saturated heterocycles. The molecule has 0 aliphatic heterocycles. The van der Waals surface area contributed by atoms with Crippen LogP contribution < -0.4 is 10.6 Å². The molecule has 0 bridgehead atoms. The highest BCUT2D eigenvalue weighted by Crippen LogP contribution is 2.01. The molecule has 23 heavy (non-hydrogen) atoms. The third-order valence-corrected chi connectivity index (χ3v) is 3.27. The number of nitrogens with zero attached hydrogens (tertiary/aromatic N) is 3. The van der Waals surface area contributed by atoms with E-state index in [-0.39, 0.29) is 5.91 Å². The van der Waals surface area contributed by atoms with Crippen LogP contribution in [0.25, 0.3) is 0 Å². The fraction of sp³-hybridized carbons (Fsp3) is 0.353. The minimum Gasteiger partial charge on any atom is -0.353 e. The van der Waals surface area contributed by atoms with Crippen molar-refractivity contribution in [2.75, 3.05) is 39.0 Å². The predicted molar refractivity (Wildman–Crippen MR) is 91.6 cm³/mol. The Hall–Kier alpha value is -2.47. The number of rotatable bonds is 8. The molecule has 0 unspecified atom stereocenters. The van der Waals surface area contributed by atoms with E-state index < -0.39 is 0 Å². The Kier molecular flexibility index (Phi) is 6.50. The van der Waals surface area contributed by atoms with Crippen LogP contribution in [0, 0.1) is 0 Å². The van der Waals surface area contributed by atoms with Crippen LogP contribution in [-0.4, -0.2) is 54.5 Å². The highest BCUT2D eigenvalue weighted by Gasteiger charge is 2.08. The molecule has 0 spiro atoms. The van der Waals surface area contributed by atoms with Crippen LogP contribution in [0.15, 0.2) is 42.6 Å². The average molecular weight is 313 g/mol. The molecule has 0 fully saturated rings. The first kappa shape index (κ1) is 16.9. The number of carbonyl (C=O) groups is 1. The summed E-state index contributed by atoms with van der Waals surface area (Å²) in [6.07, 6.45) is 2.39. The summed E-state index contributed by atoms with van der Waals surface area (Å²) in [5.74, 6) is 0.293. The van der Waals surface area contributed by atoms with Crippen molar-refractivity contribution >= 4 is 11.9 Å². The molecule has 0 aliphatic rings. The molecular weight excluding hydrogens is 290 g/mol. The summed E-state index contributed by atoms with van der Waals surface area (Å²) < 4.78 is 0. The first-order valence-electron chi connectivity index (χ1n) is 7.69. The van der Waals surface area contributed by atoms with Gasteiger partial charge >= 0.3 is 0 Å². The van der Waals surface area contributed by atoms with Crippen LogP contribution in [-0.2, 0) is 6.42 Å². The van der Waals surface area contributed by atoms with Gasteiger partial charge in [-0.05, 0) is 32.1 Å². The van der Waals surface area contributed by atoms with Crippen molar-refractivity contribution in [3.8, 4) is 0 Å². The number of benzene rings is 1. The number of hydrogen-bond acceptors (Lipinski definition) is 5. The molecule has 6 heteroatoms. The molecule has 6 nitrogen and oxygen atoms in total. The summed E-state index contributed by atoms with van der Waals surface area (Å²) >= 11 is 0. The molecule has 0 radical (unpaired) electrons. The van der Waals surface area contributed by atoms with Crippen LogP contribution in [0.4, 0.5) is 5.95 Å². The molecule has 1 aromatic carbocycles. The van der Waals surface area contributed by atoms with E-state index in [9.17, 15) is 4.79 Å². The second kappa shape index (κ2) is 8.85. The van der Waals surface area contributed by atoms with Gasteiger partial charge in [0.1, 0.15) is 5.69 Å². The Morgan fingerprint density at radius 3 is 2.65 bits per heavy atom. The van der Waals surface area contributed by atoms with Crippen LogP contribution in [0.1, 0.15) is 16.1 Å². The Labute approximate surface area is 137 Å². The lowest BCUT2D eigenvalue weighted by Crippen LogP contribution is -2.27. The summed E-state index contributed by atoms with van der Waals surface area (Å²) in [6, 6.07) is 11.7. The summed E-state index contributed by atoms with van der Waals surface area (Å²) in [7, 11) is 4.00. The molecule has 2 rings (SSSR count). The molecule has 1 aromatic heterocycles. The lowest BCUT2D eigenvalue weighted by Gasteiger charge is -2.10. The maximum atomic E-state index is 12.1. The van der Waals surface area contributed by atoms with Gasteiger partial charge in [-0.2, -0.15) is 0 Å². The maximum Gasteiger partial charge on any atom is 0.270 e. The summed E-state index contributed by atoms with van der Waals surface area (Å²) in [4.78, 5) is 22.6. The Morgan fingerprint density at radius 1 is 1.13 bits per heavy atom. The van der Waals surface area contributed by atoms with Crippen molar-refractivity contribution in [3.05, 3.63) is 53.9 Å². The van der Waals surface area contributed by atoms with E-state index in [0.717, 1.165) is 19.5 Å². The van der Waals surface area contributed by atoms with Gasteiger partial charge in [0.25, 0.3) is 5.91 Å². The van der Waals surface area contributed by atoms with Gasteiger partial charge in [-0.1, -0.05) is 30.3 Å². The highest BCUT2D eigenvalue weighted by atomic mass is 16.1. The van der Waals surface area contributed by atoms with Gasteiger partial charge in [0.15, 0.2) is 0 Å². The number of likely N-dealkylation sites (N-methyl/N-ethyl adjacent to an activating group) is 1. The van der Waals surface area contributed by atoms with Gasteiger partial charge in [0.05, 0.1) is 0 Å². The first-order valence-corrected chi connectivity index (χ1v) is 7.69. The standard InChI is InChI=1S/C17H23N5O/c1-22(2)13-12-20-17-19-11-9-15(21-17)16(23)18-10-8-14-6-4-3-5-7-14/h3-7,9,11H,8,10,12-13H2,1-2H3,(H,18,23)(H,19,20,21). The molecule has 0 saturated carbocycles. The zero-order valence-electron chi connectivity index (χ0n) is 13.6. The number of aromatic nitrogens is 2. The molecule has 1 heterocycles. The second-order valence-corrected chi connectivity index (χ2v) is 5.49. The third kappa shape index (κ3) is 6.04. The zero-order chi connectivity index (χ0) is 16.5. The molecule has 2 aromatic rings. The predicted octanol–water partition coefficient (Wildman–Crippen LogP) is 1.42. The van der Waals surface area contributed by atoms with E-state index in [1.807, 2.05) is 44.4 Å². The third-order valence-electron chi connectivity index (χ3n) is 3.27. The number of hydrogen-bond donors (Lipinski definition) is 2. The van der Waals surface area contributed by atoms with Crippen molar-refractivity contribution < 1.29 is 4.79 Å². The van der Waals surface area contributed by atoms with Crippen molar-refractivity contribution in [1.82, 2.24) is 20.2 Å². The van der Waals surface area contributed by atoms with E-state index in [1.165, 1.54) is 5.56 Å². The topological polar surface area (TPSA) is 70.2 Å². The zero-order valence-corrected chi connectivity index (χ0v) is 13.6. The van der Waals surface area contributed by atoms with Crippen molar-refractivity contribution in [1.29, 1.82) is 0 Å². The maximum absolute atomic E-state index is 12.1. The highest BCUT2D eigenvalue weighted by molar-refractivity contribution is 5.92. The SMILES string of the molecule is CN(C)CCNc1nccc(C(=O)NCCc2ccccc2)n1. The number of anilines is 1. The molecule has 122 valence electrons. The monoisotopic (exact) mass is 313 g/mol. The Balaban J connectivity index is 1.82. The van der Waals surface area contributed by atoms with E-state index in [1.54, 1.807) is 12.3 Å². The van der Waals surface area contributed by atoms with Gasteiger partial charge in [0, 0.05) is 25.8 Å². The molecule has 0 aliphatic carbocycles. The second-order valence-electron chi connectivity index (χ2n) is 5.49. The summed E-state index contributed by atoms with van der Waals surface area (Å²) in [5, 5.41) is 5.99. The minimum atomic E-state index is -0.181. The van der Waals surface area contributed by atoms with Crippen LogP contribution in [0.5, 0.6) is 0 Å². The summed E-state index contributed by atoms with van der Waals surface area (Å²) in [6.45, 7) is 2.18. The normalized spacial score (nSPS) is 10.6. The van der Waals surface area contributed by atoms with Crippen LogP contribution in [0.2, 0.25) is 0 Å². The average Bonchev–Trinajstić information content (AvgIpc) is 2.56. The van der Waals surface area contributed by atoms with Gasteiger partial charge in [-0.3, -0.25) is 4.79 Å². The van der Waals surface area contributed by atoms with Crippen LogP contribution >= 0.6 is 0 Å². The summed E-state index contributed by atoms with van der Waals surface area (Å²) in [5.41, 5.74) is 1.57. The van der Waals surface area contributed by atoms with Crippen molar-refractivity contribution in [2.24, 2.45) is 0 Å². The Morgan fingerprint density at radius 2 is 1.91 bits per heavy atom. The number of amides is 1. The fourth-order valence-electron chi connectivity index (χ4n) is 2.02. The van der Waals surface area contributed by atoms with Crippen molar-refractivity contribution in [3.63, 3.8) is 0 Å². The lowest BCUT2D eigenvalue weighted by molar-refractivity contribution is 0.0949. The van der Waals surface area contributed by atoms with Crippen molar-refractivity contribution in [2.45, 2.75) is 6.42 Å². The van der Waals surface area contributed by atoms with Gasteiger partial charge in [-0.15, -0.1) is 0 Å². The van der Waals surface area contributed by atoms with Gasteiger partial charge in [-0.25, -0.2) is 9.97 Å². The number of carbonyl (C=O) groups excluding carboxylic acids is 1. The van der Waals surface area contributed by atoms with E-state index in [0.29, 0.717) is 18.2 Å². The molecule has 1 amide bonds. The number of nitrogens with one attached hydrogen (secondary N) is 2. The minimum absolute atomic E-state index is 0.181. The largest absolute Gasteiger partial charge is 0.353 e. The quantitative estimate of drug-likeness (QED) is 0.771. The lowest BCUT2D eigenvalue weighted by atomic mass is 10.1. The first-order chi connectivity index (χ1) is 11.1. The van der Waals surface area contributed by atoms with Gasteiger partial charge in [0.2, 0.25) is 5.95 Å². The Bertz CT molecular complexity index is 615. The fourth-order valence-corrected chi connectivity index (χ4v) is 2.02. The van der Waals surface area contributed by atoms with Crippen LogP contribution in [0.3, 0.4) is 0 Å². The smallest absolute Gasteiger partial charge is 0.270 e. The molecule has 2 N–H and O–H groups in total. The molecule has 0 atom stereocenters. The van der Waals surface area contributed by atoms with E-state index in [4.69, 9.17) is 0 Å². The van der Waals surface area contributed by atoms with Gasteiger partial charge < -0.3 is 15.5 Å². The van der Waals surface area contributed by atoms with E-state index >= 15 is 0 Å². The molecular formula is C17H23N5O. The van der Waals surface area contributed by atoms with E-state index in [2.05, 4.69) is 25.5 Å².